The van der Waals surface area contributed by atoms with Crippen LogP contribution in [0.5, 0.6) is 0 Å². The molecule has 10 nitrogen and oxygen atoms in total. The van der Waals surface area contributed by atoms with Crippen LogP contribution < -0.4 is 0 Å². The van der Waals surface area contributed by atoms with E-state index in [1.165, 1.54) is 33.4 Å². The number of benzene rings is 9. The van der Waals surface area contributed by atoms with Gasteiger partial charge in [0.15, 0.2) is 34.9 Å². The van der Waals surface area contributed by atoms with Gasteiger partial charge in [-0.2, -0.15) is 0 Å². The molecule has 6 aromatic heterocycles. The molecule has 0 fully saturated rings. The number of furan rings is 2. The van der Waals surface area contributed by atoms with E-state index in [-0.39, 0.29) is 11.8 Å². The van der Waals surface area contributed by atoms with Crippen molar-refractivity contribution in [1.82, 2.24) is 39.9 Å². The van der Waals surface area contributed by atoms with E-state index >= 15 is 0 Å². The molecule has 0 saturated heterocycles. The minimum absolute atomic E-state index is 0.0284. The van der Waals surface area contributed by atoms with Crippen molar-refractivity contribution in [2.75, 3.05) is 0 Å². The number of pyridine rings is 2. The first-order valence-electron chi connectivity index (χ1n) is 27.3. The van der Waals surface area contributed by atoms with Gasteiger partial charge in [-0.05, 0) is 116 Å². The average molecular weight is 1050 g/mol. The van der Waals surface area contributed by atoms with Gasteiger partial charge in [0.1, 0.15) is 22.3 Å². The van der Waals surface area contributed by atoms with Crippen molar-refractivity contribution in [2.45, 2.75) is 11.8 Å². The minimum atomic E-state index is -0.0284. The molecule has 6 heterocycles. The number of hydrogen-bond acceptors (Lipinski definition) is 10. The molecular weight excluding hydrogens is 1010 g/mol. The third kappa shape index (κ3) is 7.49. The predicted octanol–water partition coefficient (Wildman–Crippen LogP) is 17.0. The highest BCUT2D eigenvalue weighted by molar-refractivity contribution is 6.07. The minimum Gasteiger partial charge on any atom is -0.456 e. The zero-order chi connectivity index (χ0) is 53.8. The van der Waals surface area contributed by atoms with Gasteiger partial charge in [0, 0.05) is 91.5 Å². The van der Waals surface area contributed by atoms with E-state index in [4.69, 9.17) is 38.7 Å². The summed E-state index contributed by atoms with van der Waals surface area (Å²) in [4.78, 5) is 40.1. The Kier molecular flexibility index (Phi) is 10.2. The summed E-state index contributed by atoms with van der Waals surface area (Å²) in [6.07, 6.45) is 7.23. The molecule has 0 saturated carbocycles. The average Bonchev–Trinajstić information content (AvgIpc) is 1.31. The van der Waals surface area contributed by atoms with E-state index in [0.717, 1.165) is 99.5 Å². The van der Waals surface area contributed by atoms with Gasteiger partial charge in [0.2, 0.25) is 0 Å². The van der Waals surface area contributed by atoms with Crippen LogP contribution in [0.2, 0.25) is 0 Å². The first kappa shape index (κ1) is 45.9. The van der Waals surface area contributed by atoms with Crippen LogP contribution in [0, 0.1) is 0 Å². The van der Waals surface area contributed by atoms with E-state index in [9.17, 15) is 0 Å². The van der Waals surface area contributed by atoms with E-state index < -0.39 is 0 Å². The molecule has 82 heavy (non-hydrogen) atoms. The van der Waals surface area contributed by atoms with Crippen LogP contribution in [0.1, 0.15) is 45.2 Å². The van der Waals surface area contributed by atoms with Gasteiger partial charge in [-0.25, -0.2) is 29.9 Å². The van der Waals surface area contributed by atoms with Gasteiger partial charge in [-0.15, -0.1) is 0 Å². The van der Waals surface area contributed by atoms with Crippen LogP contribution >= 0.6 is 0 Å². The molecule has 2 atom stereocenters. The highest BCUT2D eigenvalue weighted by Gasteiger charge is 2.41. The quantitative estimate of drug-likeness (QED) is 0.145. The first-order valence-corrected chi connectivity index (χ1v) is 27.3. The molecule has 0 spiro atoms. The fourth-order valence-electron chi connectivity index (χ4n) is 12.5. The Morgan fingerprint density at radius 2 is 0.561 bits per heavy atom. The maximum Gasteiger partial charge on any atom is 0.164 e. The van der Waals surface area contributed by atoms with Gasteiger partial charge in [0.05, 0.1) is 0 Å². The summed E-state index contributed by atoms with van der Waals surface area (Å²) in [6, 6.07) is 76.0. The van der Waals surface area contributed by atoms with Gasteiger partial charge >= 0.3 is 0 Å². The van der Waals surface area contributed by atoms with E-state index in [2.05, 4.69) is 168 Å². The van der Waals surface area contributed by atoms with Gasteiger partial charge in [-0.3, -0.25) is 9.97 Å². The molecule has 2 unspecified atom stereocenters. The highest BCUT2D eigenvalue weighted by Crippen LogP contribution is 2.57. The Morgan fingerprint density at radius 3 is 1.00 bits per heavy atom. The maximum atomic E-state index is 6.14. The monoisotopic (exact) mass is 1050 g/mol. The molecule has 0 amide bonds. The molecule has 10 heteroatoms. The molecule has 9 aromatic carbocycles. The SMILES string of the molecule is c1ccc(-c2nc(-c3cccc(-c4ccc5oc6ccncc6c5c4)c3)nc(-c3ccc4c(c3)C3c5ccccc5C4c4cc(-c5nc(-c6ccccc6)nc(-c6cccc(-c7ccc8oc9ccncc9c8c7)c6)n5)ccc43)n2)cc1. The standard InChI is InChI=1S/C72H42N8O2/c1-3-11-41(12-4-1)67-75-69(47-17-9-15-43(33-47)45-23-27-61-55(35-45)59-39-73-31-29-63(59)81-61)79-71(77-67)49-21-25-53-57(37-49)65-51-19-7-8-20-52(51)66(53)58-38-50(22-26-54(58)65)72-78-68(42-13-5-2-6-14-42)76-70(80-72)48-18-10-16-44(34-48)46-24-28-62-56(36-46)60-40-74-32-30-64(60)82-62/h1-40,65-66H. The van der Waals surface area contributed by atoms with E-state index in [1.807, 2.05) is 73.1 Å². The molecule has 2 bridgehead atoms. The summed E-state index contributed by atoms with van der Waals surface area (Å²) in [7, 11) is 0. The second-order valence-electron chi connectivity index (χ2n) is 21.1. The normalized spacial score (nSPS) is 14.1. The molecule has 0 N–H and O–H groups in total. The number of hydrogen-bond donors (Lipinski definition) is 0. The smallest absolute Gasteiger partial charge is 0.164 e. The summed E-state index contributed by atoms with van der Waals surface area (Å²) < 4.78 is 12.3. The number of fused-ring (bicyclic) bond motifs is 6. The van der Waals surface area contributed by atoms with Gasteiger partial charge in [0.25, 0.3) is 0 Å². The lowest BCUT2D eigenvalue weighted by molar-refractivity contribution is 0.668. The molecule has 3 aliphatic rings. The van der Waals surface area contributed by atoms with Crippen molar-refractivity contribution >= 4 is 43.9 Å². The fraction of sp³-hybridized carbons (Fsp3) is 0.0278. The molecular formula is C72H42N8O2. The number of nitrogens with zero attached hydrogens (tertiary/aromatic N) is 8. The van der Waals surface area contributed by atoms with E-state index in [1.54, 1.807) is 12.4 Å². The summed E-state index contributed by atoms with van der Waals surface area (Å²) in [6.45, 7) is 0. The Labute approximate surface area is 469 Å². The van der Waals surface area contributed by atoms with Crippen LogP contribution in [-0.4, -0.2) is 39.9 Å². The van der Waals surface area contributed by atoms with Crippen molar-refractivity contribution in [3.05, 3.63) is 277 Å². The summed E-state index contributed by atoms with van der Waals surface area (Å²) >= 11 is 0. The lowest BCUT2D eigenvalue weighted by Gasteiger charge is -2.42. The zero-order valence-electron chi connectivity index (χ0n) is 43.6. The second kappa shape index (κ2) is 18.2. The molecule has 0 aliphatic heterocycles. The Balaban J connectivity index is 0.754. The lowest BCUT2D eigenvalue weighted by atomic mass is 9.61. The number of rotatable bonds is 8. The van der Waals surface area contributed by atoms with Crippen molar-refractivity contribution < 1.29 is 8.83 Å². The van der Waals surface area contributed by atoms with E-state index in [0.29, 0.717) is 34.9 Å². The predicted molar refractivity (Wildman–Crippen MR) is 322 cm³/mol. The zero-order valence-corrected chi connectivity index (χ0v) is 43.6. The highest BCUT2D eigenvalue weighted by atomic mass is 16.3. The topological polar surface area (TPSA) is 129 Å². The van der Waals surface area contributed by atoms with Crippen LogP contribution in [0.4, 0.5) is 0 Å². The van der Waals surface area contributed by atoms with Crippen molar-refractivity contribution in [3.8, 4) is 90.6 Å². The Morgan fingerprint density at radius 1 is 0.232 bits per heavy atom. The molecule has 3 aliphatic carbocycles. The summed E-state index contributed by atoms with van der Waals surface area (Å²) in [5, 5.41) is 4.01. The second-order valence-corrected chi connectivity index (χ2v) is 21.1. The molecule has 382 valence electrons. The molecule has 18 rings (SSSR count). The van der Waals surface area contributed by atoms with Crippen molar-refractivity contribution in [3.63, 3.8) is 0 Å². The lowest BCUT2D eigenvalue weighted by Crippen LogP contribution is -2.27. The van der Waals surface area contributed by atoms with Crippen molar-refractivity contribution in [1.29, 1.82) is 0 Å². The third-order valence-corrected chi connectivity index (χ3v) is 16.3. The Hall–Kier alpha value is -11.1. The third-order valence-electron chi connectivity index (χ3n) is 16.3. The maximum absolute atomic E-state index is 6.14. The van der Waals surface area contributed by atoms with Crippen LogP contribution in [0.3, 0.4) is 0 Å². The number of aromatic nitrogens is 8. The Bertz CT molecular complexity index is 4770. The van der Waals surface area contributed by atoms with Crippen LogP contribution in [0.15, 0.2) is 252 Å². The van der Waals surface area contributed by atoms with Gasteiger partial charge in [-0.1, -0.05) is 158 Å². The van der Waals surface area contributed by atoms with Crippen molar-refractivity contribution in [2.24, 2.45) is 0 Å². The largest absolute Gasteiger partial charge is 0.456 e. The van der Waals surface area contributed by atoms with Crippen LogP contribution in [-0.2, 0) is 0 Å². The molecule has 0 radical (unpaired) electrons. The molecule has 15 aromatic rings. The first-order chi connectivity index (χ1) is 40.6. The fourth-order valence-corrected chi connectivity index (χ4v) is 12.5. The van der Waals surface area contributed by atoms with Crippen LogP contribution in [0.25, 0.3) is 134 Å². The van der Waals surface area contributed by atoms with Gasteiger partial charge < -0.3 is 8.83 Å². The summed E-state index contributed by atoms with van der Waals surface area (Å²) in [5.74, 6) is 3.56. The summed E-state index contributed by atoms with van der Waals surface area (Å²) in [5.41, 5.74) is 20.5.